The van der Waals surface area contributed by atoms with Gasteiger partial charge in [0.25, 0.3) is 0 Å². The number of rotatable bonds is 11. The van der Waals surface area contributed by atoms with Gasteiger partial charge < -0.3 is 14.6 Å². The van der Waals surface area contributed by atoms with Crippen LogP contribution in [0.1, 0.15) is 40.5 Å². The second-order valence-electron chi connectivity index (χ2n) is 8.41. The Kier molecular flexibility index (Phi) is 8.53. The van der Waals surface area contributed by atoms with E-state index < -0.39 is 0 Å². The molecule has 4 aromatic rings. The van der Waals surface area contributed by atoms with E-state index in [9.17, 15) is 10.4 Å². The Hall–Kier alpha value is -4.07. The van der Waals surface area contributed by atoms with Crippen molar-refractivity contribution < 1.29 is 14.6 Å². The zero-order chi connectivity index (χ0) is 24.3. The van der Waals surface area contributed by atoms with Crippen molar-refractivity contribution in [1.29, 1.82) is 5.26 Å². The molecule has 4 nitrogen and oxygen atoms in total. The largest absolute Gasteiger partial charge is 0.489 e. The summed E-state index contributed by atoms with van der Waals surface area (Å²) in [5.41, 5.74) is 4.12. The topological polar surface area (TPSA) is 62.5 Å². The normalized spacial score (nSPS) is 12.3. The number of nitrogens with zero attached hydrogens (tertiary/aromatic N) is 1. The molecular formula is C31H29NO3. The number of aliphatic hydroxyl groups is 1. The summed E-state index contributed by atoms with van der Waals surface area (Å²) >= 11 is 0. The van der Waals surface area contributed by atoms with Gasteiger partial charge in [0, 0.05) is 12.5 Å². The zero-order valence-corrected chi connectivity index (χ0v) is 19.6. The SMILES string of the molecule is N#C[C@H](c1ccc(OCc2ccccc2)cc1)[C@@H](CCO)c1ccc(OCc2ccccc2)cc1. The van der Waals surface area contributed by atoms with Crippen LogP contribution in [0.3, 0.4) is 0 Å². The van der Waals surface area contributed by atoms with E-state index >= 15 is 0 Å². The summed E-state index contributed by atoms with van der Waals surface area (Å²) < 4.78 is 11.8. The van der Waals surface area contributed by atoms with E-state index in [2.05, 4.69) is 6.07 Å². The van der Waals surface area contributed by atoms with Gasteiger partial charge in [0.15, 0.2) is 0 Å². The summed E-state index contributed by atoms with van der Waals surface area (Å²) in [6.07, 6.45) is 0.495. The highest BCUT2D eigenvalue weighted by molar-refractivity contribution is 5.38. The molecule has 4 heteroatoms. The third-order valence-electron chi connectivity index (χ3n) is 6.03. The summed E-state index contributed by atoms with van der Waals surface area (Å²) in [7, 11) is 0. The molecule has 176 valence electrons. The van der Waals surface area contributed by atoms with Gasteiger partial charge in [-0.3, -0.25) is 0 Å². The minimum absolute atomic E-state index is 0.00732. The van der Waals surface area contributed by atoms with Gasteiger partial charge in [-0.05, 0) is 52.9 Å². The van der Waals surface area contributed by atoms with Gasteiger partial charge in [-0.25, -0.2) is 0 Å². The van der Waals surface area contributed by atoms with E-state index in [0.29, 0.717) is 19.6 Å². The fourth-order valence-electron chi connectivity index (χ4n) is 4.13. The predicted octanol–water partition coefficient (Wildman–Crippen LogP) is 6.62. The number of benzene rings is 4. The van der Waals surface area contributed by atoms with Gasteiger partial charge in [-0.15, -0.1) is 0 Å². The summed E-state index contributed by atoms with van der Waals surface area (Å²) in [6.45, 7) is 1.00. The number of aliphatic hydroxyl groups excluding tert-OH is 1. The van der Waals surface area contributed by atoms with Crippen molar-refractivity contribution in [1.82, 2.24) is 0 Å². The number of hydrogen-bond donors (Lipinski definition) is 1. The van der Waals surface area contributed by atoms with Gasteiger partial charge >= 0.3 is 0 Å². The molecule has 35 heavy (non-hydrogen) atoms. The fourth-order valence-corrected chi connectivity index (χ4v) is 4.13. The van der Waals surface area contributed by atoms with E-state index in [4.69, 9.17) is 9.47 Å². The molecule has 0 bridgehead atoms. The van der Waals surface area contributed by atoms with Gasteiger partial charge in [0.05, 0.1) is 12.0 Å². The Labute approximate surface area is 207 Å². The molecule has 0 saturated heterocycles. The van der Waals surface area contributed by atoms with Crippen LogP contribution in [0.5, 0.6) is 11.5 Å². The summed E-state index contributed by atoms with van der Waals surface area (Å²) in [5, 5.41) is 19.8. The molecule has 0 heterocycles. The molecule has 0 aliphatic rings. The molecule has 0 amide bonds. The van der Waals surface area contributed by atoms with Crippen molar-refractivity contribution in [2.45, 2.75) is 31.5 Å². The molecular weight excluding hydrogens is 434 g/mol. The third-order valence-corrected chi connectivity index (χ3v) is 6.03. The predicted molar refractivity (Wildman–Crippen MR) is 137 cm³/mol. The van der Waals surface area contributed by atoms with Gasteiger partial charge in [-0.1, -0.05) is 84.9 Å². The minimum Gasteiger partial charge on any atom is -0.489 e. The summed E-state index contributed by atoms with van der Waals surface area (Å²) in [6, 6.07) is 38.0. The lowest BCUT2D eigenvalue weighted by molar-refractivity contribution is 0.272. The molecule has 0 aliphatic heterocycles. The van der Waals surface area contributed by atoms with E-state index in [-0.39, 0.29) is 18.4 Å². The van der Waals surface area contributed by atoms with E-state index in [1.807, 2.05) is 109 Å². The second-order valence-corrected chi connectivity index (χ2v) is 8.41. The lowest BCUT2D eigenvalue weighted by Crippen LogP contribution is -2.12. The van der Waals surface area contributed by atoms with Crippen LogP contribution in [0.25, 0.3) is 0 Å². The zero-order valence-electron chi connectivity index (χ0n) is 19.6. The molecule has 0 aromatic heterocycles. The first-order valence-corrected chi connectivity index (χ1v) is 11.8. The Morgan fingerprint density at radius 2 is 1.09 bits per heavy atom. The lowest BCUT2D eigenvalue weighted by Gasteiger charge is -2.23. The fraction of sp³-hybridized carbons (Fsp3) is 0.194. The van der Waals surface area contributed by atoms with Crippen LogP contribution in [0, 0.1) is 11.3 Å². The quantitative estimate of drug-likeness (QED) is 0.272. The third kappa shape index (κ3) is 6.72. The first kappa shape index (κ1) is 24.1. The first-order valence-electron chi connectivity index (χ1n) is 11.8. The maximum absolute atomic E-state index is 10.0. The highest BCUT2D eigenvalue weighted by atomic mass is 16.5. The van der Waals surface area contributed by atoms with Crippen LogP contribution in [0.4, 0.5) is 0 Å². The number of nitriles is 1. The molecule has 1 N–H and O–H groups in total. The van der Waals surface area contributed by atoms with Gasteiger partial charge in [0.1, 0.15) is 24.7 Å². The van der Waals surface area contributed by atoms with Gasteiger partial charge in [0.2, 0.25) is 0 Å². The van der Waals surface area contributed by atoms with Crippen LogP contribution in [-0.2, 0) is 13.2 Å². The maximum Gasteiger partial charge on any atom is 0.119 e. The minimum atomic E-state index is -0.388. The van der Waals surface area contributed by atoms with Crippen molar-refractivity contribution in [3.8, 4) is 17.6 Å². The molecule has 4 rings (SSSR count). The Balaban J connectivity index is 1.43. The first-order chi connectivity index (χ1) is 17.3. The highest BCUT2D eigenvalue weighted by Gasteiger charge is 2.24. The van der Waals surface area contributed by atoms with Crippen molar-refractivity contribution in [3.63, 3.8) is 0 Å². The molecule has 2 atom stereocenters. The molecule has 0 radical (unpaired) electrons. The smallest absolute Gasteiger partial charge is 0.119 e. The molecule has 0 fully saturated rings. The van der Waals surface area contributed by atoms with Crippen molar-refractivity contribution in [2.75, 3.05) is 6.61 Å². The second kappa shape index (κ2) is 12.4. The molecule has 0 aliphatic carbocycles. The van der Waals surface area contributed by atoms with Crippen LogP contribution in [-0.4, -0.2) is 11.7 Å². The Bertz CT molecular complexity index is 1200. The van der Waals surface area contributed by atoms with E-state index in [1.165, 1.54) is 0 Å². The van der Waals surface area contributed by atoms with Crippen LogP contribution in [0.2, 0.25) is 0 Å². The standard InChI is InChI=1S/C31H29NO3/c32-21-31(27-13-17-29(18-14-27)35-23-25-9-5-2-6-10-25)30(19-20-33)26-11-15-28(16-12-26)34-22-24-7-3-1-4-8-24/h1-18,30-31,33H,19-20,22-23H2/t30-,31+/m0/s1. The summed E-state index contributed by atoms with van der Waals surface area (Å²) in [4.78, 5) is 0. The van der Waals surface area contributed by atoms with Crippen molar-refractivity contribution in [2.24, 2.45) is 0 Å². The van der Waals surface area contributed by atoms with Crippen LogP contribution in [0.15, 0.2) is 109 Å². The van der Waals surface area contributed by atoms with Crippen molar-refractivity contribution in [3.05, 3.63) is 131 Å². The van der Waals surface area contributed by atoms with Crippen LogP contribution < -0.4 is 9.47 Å². The highest BCUT2D eigenvalue weighted by Crippen LogP contribution is 2.36. The maximum atomic E-state index is 10.0. The van der Waals surface area contributed by atoms with E-state index in [1.54, 1.807) is 0 Å². The number of hydrogen-bond acceptors (Lipinski definition) is 4. The number of ether oxygens (including phenoxy) is 2. The average Bonchev–Trinajstić information content (AvgIpc) is 2.93. The van der Waals surface area contributed by atoms with Gasteiger partial charge in [-0.2, -0.15) is 5.26 Å². The van der Waals surface area contributed by atoms with Crippen LogP contribution >= 0.6 is 0 Å². The lowest BCUT2D eigenvalue weighted by atomic mass is 9.80. The Morgan fingerprint density at radius 1 is 0.629 bits per heavy atom. The molecule has 0 saturated carbocycles. The molecule has 4 aromatic carbocycles. The van der Waals surface area contributed by atoms with Crippen molar-refractivity contribution >= 4 is 0 Å². The Morgan fingerprint density at radius 3 is 1.51 bits per heavy atom. The van der Waals surface area contributed by atoms with E-state index in [0.717, 1.165) is 33.8 Å². The molecule has 0 unspecified atom stereocenters. The average molecular weight is 464 g/mol. The monoisotopic (exact) mass is 463 g/mol. The summed E-state index contributed by atoms with van der Waals surface area (Å²) in [5.74, 6) is 1.01. The molecule has 0 spiro atoms.